The predicted molar refractivity (Wildman–Crippen MR) is 80.1 cm³/mol. The van der Waals surface area contributed by atoms with Gasteiger partial charge in [0.1, 0.15) is 5.75 Å². The van der Waals surface area contributed by atoms with Crippen LogP contribution in [0, 0.1) is 0 Å². The van der Waals surface area contributed by atoms with Crippen LogP contribution in [0.15, 0.2) is 18.2 Å². The average molecular weight is 278 g/mol. The third-order valence-electron chi connectivity index (χ3n) is 2.71. The highest BCUT2D eigenvalue weighted by atomic mass is 16.5. The summed E-state index contributed by atoms with van der Waals surface area (Å²) in [7, 11) is 1.53. The van der Waals surface area contributed by atoms with Gasteiger partial charge in [0.2, 0.25) is 11.8 Å². The molecule has 1 aromatic carbocycles. The van der Waals surface area contributed by atoms with Crippen LogP contribution in [-0.2, 0) is 9.59 Å². The fraction of sp³-hybridized carbons (Fsp3) is 0.467. The third-order valence-corrected chi connectivity index (χ3v) is 2.71. The summed E-state index contributed by atoms with van der Waals surface area (Å²) in [6, 6.07) is 5.18. The molecule has 2 amide bonds. The minimum absolute atomic E-state index is 0.0303. The van der Waals surface area contributed by atoms with E-state index in [0.717, 1.165) is 12.8 Å². The fourth-order valence-corrected chi connectivity index (χ4v) is 1.76. The zero-order valence-electron chi connectivity index (χ0n) is 12.3. The lowest BCUT2D eigenvalue weighted by molar-refractivity contribution is -0.117. The lowest BCUT2D eigenvalue weighted by Crippen LogP contribution is -2.13. The van der Waals surface area contributed by atoms with E-state index in [-0.39, 0.29) is 11.8 Å². The molecule has 0 fully saturated rings. The molecular formula is C15H22N2O3. The van der Waals surface area contributed by atoms with Gasteiger partial charge in [-0.1, -0.05) is 13.8 Å². The maximum absolute atomic E-state index is 11.6. The van der Waals surface area contributed by atoms with Gasteiger partial charge in [-0.05, 0) is 25.0 Å². The minimum atomic E-state index is -0.0476. The van der Waals surface area contributed by atoms with E-state index in [1.165, 1.54) is 7.11 Å². The molecule has 5 nitrogen and oxygen atoms in total. The highest BCUT2D eigenvalue weighted by Gasteiger charge is 2.09. The first-order valence-corrected chi connectivity index (χ1v) is 6.88. The normalized spacial score (nSPS) is 9.95. The Bertz CT molecular complexity index is 472. The summed E-state index contributed by atoms with van der Waals surface area (Å²) in [6.07, 6.45) is 2.54. The van der Waals surface area contributed by atoms with Crippen LogP contribution in [0.5, 0.6) is 5.75 Å². The van der Waals surface area contributed by atoms with Crippen LogP contribution >= 0.6 is 0 Å². The van der Waals surface area contributed by atoms with Gasteiger partial charge >= 0.3 is 0 Å². The Morgan fingerprint density at radius 2 is 1.65 bits per heavy atom. The molecule has 0 spiro atoms. The second kappa shape index (κ2) is 8.19. The zero-order chi connectivity index (χ0) is 15.0. The number of anilines is 2. The lowest BCUT2D eigenvalue weighted by Gasteiger charge is -2.12. The second-order valence-electron chi connectivity index (χ2n) is 4.51. The van der Waals surface area contributed by atoms with Crippen LogP contribution in [0.1, 0.15) is 39.5 Å². The number of methoxy groups -OCH3 is 1. The van der Waals surface area contributed by atoms with Crippen molar-refractivity contribution in [3.63, 3.8) is 0 Å². The topological polar surface area (TPSA) is 67.4 Å². The number of ether oxygens (including phenoxy) is 1. The quantitative estimate of drug-likeness (QED) is 0.805. The van der Waals surface area contributed by atoms with Gasteiger partial charge in [-0.3, -0.25) is 9.59 Å². The van der Waals surface area contributed by atoms with Crippen LogP contribution in [-0.4, -0.2) is 18.9 Å². The summed E-state index contributed by atoms with van der Waals surface area (Å²) in [5, 5.41) is 5.58. The molecule has 1 aromatic rings. The molecule has 0 unspecified atom stereocenters. The molecule has 0 aliphatic carbocycles. The molecule has 20 heavy (non-hydrogen) atoms. The van der Waals surface area contributed by atoms with E-state index in [1.807, 2.05) is 13.8 Å². The number of benzene rings is 1. The van der Waals surface area contributed by atoms with E-state index in [0.29, 0.717) is 30.0 Å². The molecule has 2 N–H and O–H groups in total. The number of hydrogen-bond acceptors (Lipinski definition) is 3. The van der Waals surface area contributed by atoms with Crippen molar-refractivity contribution in [3.8, 4) is 5.75 Å². The summed E-state index contributed by atoms with van der Waals surface area (Å²) < 4.78 is 5.24. The largest absolute Gasteiger partial charge is 0.494 e. The van der Waals surface area contributed by atoms with Crippen molar-refractivity contribution >= 4 is 23.2 Å². The maximum atomic E-state index is 11.6. The van der Waals surface area contributed by atoms with E-state index in [9.17, 15) is 9.59 Å². The standard InChI is InChI=1S/C15H22N2O3/c1-4-6-14(18)16-11-8-9-12(13(10-11)20-3)17-15(19)7-5-2/h8-10H,4-7H2,1-3H3,(H,16,18)(H,17,19). The first kappa shape index (κ1) is 16.0. The van der Waals surface area contributed by atoms with Gasteiger partial charge in [0.25, 0.3) is 0 Å². The van der Waals surface area contributed by atoms with Crippen LogP contribution < -0.4 is 15.4 Å². The third kappa shape index (κ3) is 4.91. The molecule has 0 aliphatic heterocycles. The summed E-state index contributed by atoms with van der Waals surface area (Å²) in [5.41, 5.74) is 1.27. The zero-order valence-corrected chi connectivity index (χ0v) is 12.3. The van der Waals surface area contributed by atoms with Gasteiger partial charge in [-0.25, -0.2) is 0 Å². The van der Waals surface area contributed by atoms with Crippen molar-refractivity contribution in [2.24, 2.45) is 0 Å². The van der Waals surface area contributed by atoms with Crippen LogP contribution in [0.2, 0.25) is 0 Å². The lowest BCUT2D eigenvalue weighted by atomic mass is 10.2. The van der Waals surface area contributed by atoms with Crippen molar-refractivity contribution < 1.29 is 14.3 Å². The Labute approximate surface area is 119 Å². The highest BCUT2D eigenvalue weighted by molar-refractivity contribution is 5.94. The first-order chi connectivity index (χ1) is 9.60. The molecule has 110 valence electrons. The maximum Gasteiger partial charge on any atom is 0.224 e. The monoisotopic (exact) mass is 278 g/mol. The molecule has 0 saturated heterocycles. The Morgan fingerprint density at radius 3 is 2.20 bits per heavy atom. The first-order valence-electron chi connectivity index (χ1n) is 6.88. The summed E-state index contributed by atoms with van der Waals surface area (Å²) in [4.78, 5) is 23.1. The summed E-state index contributed by atoms with van der Waals surface area (Å²) in [6.45, 7) is 3.90. The summed E-state index contributed by atoms with van der Waals surface area (Å²) in [5.74, 6) is 0.453. The number of amides is 2. The minimum Gasteiger partial charge on any atom is -0.494 e. The number of carbonyl (C=O) groups excluding carboxylic acids is 2. The highest BCUT2D eigenvalue weighted by Crippen LogP contribution is 2.28. The van der Waals surface area contributed by atoms with Crippen LogP contribution in [0.4, 0.5) is 11.4 Å². The van der Waals surface area contributed by atoms with E-state index in [2.05, 4.69) is 10.6 Å². The van der Waals surface area contributed by atoms with Crippen molar-refractivity contribution in [2.75, 3.05) is 17.7 Å². The van der Waals surface area contributed by atoms with Crippen molar-refractivity contribution in [3.05, 3.63) is 18.2 Å². The van der Waals surface area contributed by atoms with Gasteiger partial charge in [0, 0.05) is 24.6 Å². The molecule has 5 heteroatoms. The SMILES string of the molecule is CCCC(=O)Nc1ccc(NC(=O)CCC)c(OC)c1. The van der Waals surface area contributed by atoms with Gasteiger partial charge in [0.05, 0.1) is 12.8 Å². The average Bonchev–Trinajstić information content (AvgIpc) is 2.41. The van der Waals surface area contributed by atoms with E-state index < -0.39 is 0 Å². The number of hydrogen-bond donors (Lipinski definition) is 2. The summed E-state index contributed by atoms with van der Waals surface area (Å²) >= 11 is 0. The van der Waals surface area contributed by atoms with Crippen molar-refractivity contribution in [2.45, 2.75) is 39.5 Å². The van der Waals surface area contributed by atoms with Crippen LogP contribution in [0.25, 0.3) is 0 Å². The van der Waals surface area contributed by atoms with E-state index >= 15 is 0 Å². The molecule has 0 aromatic heterocycles. The molecule has 0 atom stereocenters. The molecular weight excluding hydrogens is 256 g/mol. The number of rotatable bonds is 7. The molecule has 0 heterocycles. The molecule has 0 radical (unpaired) electrons. The van der Waals surface area contributed by atoms with Crippen molar-refractivity contribution in [1.82, 2.24) is 0 Å². The van der Waals surface area contributed by atoms with Gasteiger partial charge in [-0.2, -0.15) is 0 Å². The molecule has 0 aliphatic rings. The Balaban J connectivity index is 2.79. The molecule has 1 rings (SSSR count). The van der Waals surface area contributed by atoms with E-state index in [1.54, 1.807) is 18.2 Å². The second-order valence-corrected chi connectivity index (χ2v) is 4.51. The van der Waals surface area contributed by atoms with Gasteiger partial charge in [-0.15, -0.1) is 0 Å². The number of nitrogens with one attached hydrogen (secondary N) is 2. The Kier molecular flexibility index (Phi) is 6.56. The van der Waals surface area contributed by atoms with Crippen LogP contribution in [0.3, 0.4) is 0 Å². The predicted octanol–water partition coefficient (Wildman–Crippen LogP) is 3.17. The Morgan fingerprint density at radius 1 is 1.05 bits per heavy atom. The van der Waals surface area contributed by atoms with Crippen molar-refractivity contribution in [1.29, 1.82) is 0 Å². The molecule has 0 bridgehead atoms. The smallest absolute Gasteiger partial charge is 0.224 e. The van der Waals surface area contributed by atoms with Gasteiger partial charge < -0.3 is 15.4 Å². The van der Waals surface area contributed by atoms with Gasteiger partial charge in [0.15, 0.2) is 0 Å². The number of carbonyl (C=O) groups is 2. The Hall–Kier alpha value is -2.04. The van der Waals surface area contributed by atoms with E-state index in [4.69, 9.17) is 4.74 Å². The fourth-order valence-electron chi connectivity index (χ4n) is 1.76. The molecule has 0 saturated carbocycles.